The van der Waals surface area contributed by atoms with Crippen molar-refractivity contribution in [2.24, 2.45) is 11.8 Å². The summed E-state index contributed by atoms with van der Waals surface area (Å²) >= 11 is 1.61. The molecule has 1 fully saturated rings. The number of nitrogens with one attached hydrogen (secondary N) is 2. The van der Waals surface area contributed by atoms with Crippen molar-refractivity contribution < 1.29 is 0 Å². The normalized spacial score (nSPS) is 22.9. The number of nitrogen functional groups attached to an aromatic ring is 1. The molecule has 0 amide bonds. The molecular weight excluding hydrogens is 270 g/mol. The third kappa shape index (κ3) is 2.71. The number of anilines is 2. The van der Waals surface area contributed by atoms with Crippen molar-refractivity contribution in [2.75, 3.05) is 10.7 Å². The molecule has 0 aliphatic heterocycles. The van der Waals surface area contributed by atoms with Gasteiger partial charge in [-0.1, -0.05) is 13.3 Å². The van der Waals surface area contributed by atoms with Crippen molar-refractivity contribution in [3.8, 4) is 0 Å². The van der Waals surface area contributed by atoms with E-state index in [2.05, 4.69) is 33.7 Å². The summed E-state index contributed by atoms with van der Waals surface area (Å²) in [5.41, 5.74) is 2.55. The zero-order valence-corrected chi connectivity index (χ0v) is 12.5. The van der Waals surface area contributed by atoms with E-state index < -0.39 is 0 Å². The number of nitrogens with zero attached hydrogens (tertiary/aromatic N) is 2. The Morgan fingerprint density at radius 1 is 1.30 bits per heavy atom. The third-order valence-corrected chi connectivity index (χ3v) is 5.03. The Morgan fingerprint density at radius 2 is 2.10 bits per heavy atom. The Labute approximate surface area is 123 Å². The first kappa shape index (κ1) is 13.6. The summed E-state index contributed by atoms with van der Waals surface area (Å²) < 4.78 is 0. The number of nitrogens with two attached hydrogens (primary N) is 1. The number of aromatic nitrogens is 2. The fourth-order valence-electron chi connectivity index (χ4n) is 2.94. The molecule has 0 radical (unpaired) electrons. The lowest BCUT2D eigenvalue weighted by Crippen LogP contribution is -2.26. The van der Waals surface area contributed by atoms with Gasteiger partial charge in [-0.25, -0.2) is 10.8 Å². The molecule has 1 aliphatic carbocycles. The van der Waals surface area contributed by atoms with E-state index in [0.717, 1.165) is 22.0 Å². The van der Waals surface area contributed by atoms with Crippen molar-refractivity contribution in [3.05, 3.63) is 11.4 Å². The summed E-state index contributed by atoms with van der Waals surface area (Å²) in [5, 5.41) is 6.72. The van der Waals surface area contributed by atoms with Gasteiger partial charge in [0.2, 0.25) is 5.95 Å². The van der Waals surface area contributed by atoms with Crippen LogP contribution in [0.2, 0.25) is 0 Å². The predicted octanol–water partition coefficient (Wildman–Crippen LogP) is 3.36. The van der Waals surface area contributed by atoms with Gasteiger partial charge in [0.05, 0.1) is 5.39 Å². The molecule has 2 heterocycles. The fourth-order valence-corrected chi connectivity index (χ4v) is 3.70. The van der Waals surface area contributed by atoms with Gasteiger partial charge in [-0.2, -0.15) is 4.98 Å². The van der Waals surface area contributed by atoms with Crippen LogP contribution in [-0.2, 0) is 0 Å². The van der Waals surface area contributed by atoms with Crippen molar-refractivity contribution >= 4 is 33.3 Å². The van der Waals surface area contributed by atoms with Crippen molar-refractivity contribution in [3.63, 3.8) is 0 Å². The first-order valence-electron chi connectivity index (χ1n) is 7.28. The highest BCUT2D eigenvalue weighted by Crippen LogP contribution is 2.31. The van der Waals surface area contributed by atoms with Gasteiger partial charge in [-0.15, -0.1) is 11.3 Å². The summed E-state index contributed by atoms with van der Waals surface area (Å²) in [6, 6.07) is 2.58. The van der Waals surface area contributed by atoms with Gasteiger partial charge in [-0.3, -0.25) is 5.43 Å². The molecular formula is C14H21N5S. The molecule has 0 spiro atoms. The van der Waals surface area contributed by atoms with E-state index in [1.54, 1.807) is 11.3 Å². The van der Waals surface area contributed by atoms with Crippen molar-refractivity contribution in [2.45, 2.75) is 45.1 Å². The highest BCUT2D eigenvalue weighted by molar-refractivity contribution is 7.16. The number of thiophene rings is 1. The van der Waals surface area contributed by atoms with E-state index in [4.69, 9.17) is 5.84 Å². The third-order valence-electron chi connectivity index (χ3n) is 4.22. The van der Waals surface area contributed by atoms with Gasteiger partial charge < -0.3 is 5.32 Å². The lowest BCUT2D eigenvalue weighted by atomic mass is 9.84. The lowest BCUT2D eigenvalue weighted by molar-refractivity contribution is 0.330. The average molecular weight is 291 g/mol. The molecule has 0 atom stereocenters. The standard InChI is InChI=1S/C14H21N5S/c1-2-9-3-5-10(6-4-9)16-12-11-7-8-20-13(11)18-14(17-12)19-15/h7-10H,2-6,15H2,1H3,(H2,16,17,18,19). The largest absolute Gasteiger partial charge is 0.367 e. The minimum atomic E-state index is 0.477. The topological polar surface area (TPSA) is 75.9 Å². The van der Waals surface area contributed by atoms with E-state index in [0.29, 0.717) is 12.0 Å². The molecule has 2 aromatic heterocycles. The Hall–Kier alpha value is -1.40. The van der Waals surface area contributed by atoms with E-state index in [1.165, 1.54) is 32.1 Å². The SMILES string of the molecule is CCC1CCC(Nc2nc(NN)nc3sccc23)CC1. The highest BCUT2D eigenvalue weighted by Gasteiger charge is 2.21. The molecule has 6 heteroatoms. The second-order valence-electron chi connectivity index (χ2n) is 5.45. The van der Waals surface area contributed by atoms with Crippen LogP contribution in [0.1, 0.15) is 39.0 Å². The number of hydrogen-bond donors (Lipinski definition) is 3. The van der Waals surface area contributed by atoms with E-state index >= 15 is 0 Å². The van der Waals surface area contributed by atoms with Crippen LogP contribution >= 0.6 is 11.3 Å². The average Bonchev–Trinajstić information content (AvgIpc) is 2.96. The van der Waals surface area contributed by atoms with Gasteiger partial charge >= 0.3 is 0 Å². The minimum Gasteiger partial charge on any atom is -0.367 e. The maximum absolute atomic E-state index is 5.45. The molecule has 0 aromatic carbocycles. The number of fused-ring (bicyclic) bond motifs is 1. The van der Waals surface area contributed by atoms with Gasteiger partial charge in [0.15, 0.2) is 0 Å². The van der Waals surface area contributed by atoms with Crippen LogP contribution < -0.4 is 16.6 Å². The van der Waals surface area contributed by atoms with Crippen LogP contribution in [0.5, 0.6) is 0 Å². The molecule has 108 valence electrons. The molecule has 2 aromatic rings. The van der Waals surface area contributed by atoms with E-state index in [-0.39, 0.29) is 0 Å². The number of rotatable bonds is 4. The monoisotopic (exact) mass is 291 g/mol. The molecule has 20 heavy (non-hydrogen) atoms. The molecule has 1 aliphatic rings. The Balaban J connectivity index is 1.78. The summed E-state index contributed by atoms with van der Waals surface area (Å²) in [4.78, 5) is 9.81. The first-order chi connectivity index (χ1) is 9.80. The Morgan fingerprint density at radius 3 is 2.80 bits per heavy atom. The van der Waals surface area contributed by atoms with Gasteiger partial charge in [-0.05, 0) is 43.0 Å². The number of hydrazine groups is 1. The predicted molar refractivity (Wildman–Crippen MR) is 84.9 cm³/mol. The van der Waals surface area contributed by atoms with Crippen molar-refractivity contribution in [1.82, 2.24) is 9.97 Å². The van der Waals surface area contributed by atoms with Crippen LogP contribution in [0.4, 0.5) is 11.8 Å². The van der Waals surface area contributed by atoms with Gasteiger partial charge in [0, 0.05) is 6.04 Å². The maximum atomic E-state index is 5.45. The second kappa shape index (κ2) is 5.93. The summed E-state index contributed by atoms with van der Waals surface area (Å²) in [7, 11) is 0. The van der Waals surface area contributed by atoms with Crippen molar-refractivity contribution in [1.29, 1.82) is 0 Å². The smallest absolute Gasteiger partial charge is 0.240 e. The summed E-state index contributed by atoms with van der Waals surface area (Å²) in [5.74, 6) is 7.74. The van der Waals surface area contributed by atoms with Crippen LogP contribution in [0, 0.1) is 5.92 Å². The highest BCUT2D eigenvalue weighted by atomic mass is 32.1. The maximum Gasteiger partial charge on any atom is 0.240 e. The quantitative estimate of drug-likeness (QED) is 0.595. The van der Waals surface area contributed by atoms with Crippen LogP contribution in [0.3, 0.4) is 0 Å². The first-order valence-corrected chi connectivity index (χ1v) is 8.16. The summed E-state index contributed by atoms with van der Waals surface area (Å²) in [6.07, 6.45) is 6.37. The zero-order valence-electron chi connectivity index (χ0n) is 11.7. The minimum absolute atomic E-state index is 0.477. The zero-order chi connectivity index (χ0) is 13.9. The Kier molecular flexibility index (Phi) is 4.03. The fraction of sp³-hybridized carbons (Fsp3) is 0.571. The Bertz CT molecular complexity index is 574. The van der Waals surface area contributed by atoms with E-state index in [1.807, 2.05) is 5.38 Å². The van der Waals surface area contributed by atoms with Crippen LogP contribution in [0.25, 0.3) is 10.2 Å². The molecule has 4 N–H and O–H groups in total. The lowest BCUT2D eigenvalue weighted by Gasteiger charge is -2.29. The summed E-state index contributed by atoms with van der Waals surface area (Å²) in [6.45, 7) is 2.29. The van der Waals surface area contributed by atoms with Gasteiger partial charge in [0.25, 0.3) is 0 Å². The van der Waals surface area contributed by atoms with Crippen LogP contribution in [0.15, 0.2) is 11.4 Å². The van der Waals surface area contributed by atoms with Crippen LogP contribution in [-0.4, -0.2) is 16.0 Å². The number of hydrogen-bond acceptors (Lipinski definition) is 6. The van der Waals surface area contributed by atoms with Gasteiger partial charge in [0.1, 0.15) is 10.6 Å². The molecule has 5 nitrogen and oxygen atoms in total. The molecule has 3 rings (SSSR count). The molecule has 1 saturated carbocycles. The molecule has 0 bridgehead atoms. The molecule has 0 saturated heterocycles. The second-order valence-corrected chi connectivity index (χ2v) is 6.34. The van der Waals surface area contributed by atoms with E-state index in [9.17, 15) is 0 Å². The molecule has 0 unspecified atom stereocenters.